The lowest BCUT2D eigenvalue weighted by Gasteiger charge is -2.27. The van der Waals surface area contributed by atoms with Gasteiger partial charge in [-0.3, -0.25) is 9.69 Å². The lowest BCUT2D eigenvalue weighted by Crippen LogP contribution is -2.35. The maximum atomic E-state index is 10.7. The minimum Gasteiger partial charge on any atom is -0.496 e. The van der Waals surface area contributed by atoms with Crippen molar-refractivity contribution in [2.24, 2.45) is 0 Å². The summed E-state index contributed by atoms with van der Waals surface area (Å²) in [6, 6.07) is 5.56. The average Bonchev–Trinajstić information content (AvgIpc) is 2.40. The molecule has 1 saturated heterocycles. The Balaban J connectivity index is 2.10. The number of hydrogen-bond donors (Lipinski definition) is 0. The molecule has 0 unspecified atom stereocenters. The molecule has 0 aromatic heterocycles. The highest BCUT2D eigenvalue weighted by molar-refractivity contribution is 5.75. The molecule has 1 aliphatic heterocycles. The molecule has 0 bridgehead atoms. The molecule has 1 heterocycles. The van der Waals surface area contributed by atoms with E-state index in [0.717, 1.165) is 50.4 Å². The van der Waals surface area contributed by atoms with E-state index in [1.165, 1.54) is 0 Å². The highest BCUT2D eigenvalue weighted by Crippen LogP contribution is 2.21. The first kappa shape index (κ1) is 12.1. The lowest BCUT2D eigenvalue weighted by molar-refractivity contribution is 0.0339. The van der Waals surface area contributed by atoms with Gasteiger partial charge in [-0.05, 0) is 6.07 Å². The highest BCUT2D eigenvalue weighted by Gasteiger charge is 2.13. The summed E-state index contributed by atoms with van der Waals surface area (Å²) in [5, 5.41) is 0. The standard InChI is InChI=1S/C13H17NO3/c1-16-13-8-11(10-15)2-3-12(13)9-14-4-6-17-7-5-14/h2-3,8,10H,4-7,9H2,1H3. The van der Waals surface area contributed by atoms with Crippen LogP contribution in [0.5, 0.6) is 5.75 Å². The van der Waals surface area contributed by atoms with Crippen molar-refractivity contribution in [1.29, 1.82) is 0 Å². The van der Waals surface area contributed by atoms with Crippen molar-refractivity contribution in [2.75, 3.05) is 33.4 Å². The first-order valence-corrected chi connectivity index (χ1v) is 5.75. The quantitative estimate of drug-likeness (QED) is 0.738. The maximum absolute atomic E-state index is 10.7. The van der Waals surface area contributed by atoms with Gasteiger partial charge >= 0.3 is 0 Å². The minimum absolute atomic E-state index is 0.646. The summed E-state index contributed by atoms with van der Waals surface area (Å²) >= 11 is 0. The van der Waals surface area contributed by atoms with E-state index in [1.807, 2.05) is 12.1 Å². The van der Waals surface area contributed by atoms with Crippen LogP contribution >= 0.6 is 0 Å². The Bertz CT molecular complexity index is 386. The van der Waals surface area contributed by atoms with E-state index in [2.05, 4.69) is 4.90 Å². The third-order valence-electron chi connectivity index (χ3n) is 2.94. The molecule has 2 rings (SSSR count). The summed E-state index contributed by atoms with van der Waals surface area (Å²) in [6.07, 6.45) is 0.834. The third-order valence-corrected chi connectivity index (χ3v) is 2.94. The molecule has 0 saturated carbocycles. The van der Waals surface area contributed by atoms with Crippen LogP contribution in [-0.4, -0.2) is 44.6 Å². The Hall–Kier alpha value is -1.39. The number of rotatable bonds is 4. The van der Waals surface area contributed by atoms with Gasteiger partial charge in [0.05, 0.1) is 20.3 Å². The third kappa shape index (κ3) is 3.05. The van der Waals surface area contributed by atoms with Crippen molar-refractivity contribution in [3.8, 4) is 5.75 Å². The number of morpholine rings is 1. The van der Waals surface area contributed by atoms with E-state index in [1.54, 1.807) is 13.2 Å². The molecule has 4 nitrogen and oxygen atoms in total. The number of carbonyl (C=O) groups excluding carboxylic acids is 1. The van der Waals surface area contributed by atoms with Gasteiger partial charge in [-0.15, -0.1) is 0 Å². The molecular weight excluding hydrogens is 218 g/mol. The van der Waals surface area contributed by atoms with Crippen molar-refractivity contribution in [3.05, 3.63) is 29.3 Å². The van der Waals surface area contributed by atoms with Crippen molar-refractivity contribution in [3.63, 3.8) is 0 Å². The second-order valence-corrected chi connectivity index (χ2v) is 4.08. The number of hydrogen-bond acceptors (Lipinski definition) is 4. The fourth-order valence-electron chi connectivity index (χ4n) is 1.97. The topological polar surface area (TPSA) is 38.8 Å². The SMILES string of the molecule is COc1cc(C=O)ccc1CN1CCOCC1. The van der Waals surface area contributed by atoms with Gasteiger partial charge in [0.15, 0.2) is 0 Å². The minimum atomic E-state index is 0.646. The van der Waals surface area contributed by atoms with Gasteiger partial charge in [0.25, 0.3) is 0 Å². The number of nitrogens with zero attached hydrogens (tertiary/aromatic N) is 1. The average molecular weight is 235 g/mol. The Kier molecular flexibility index (Phi) is 4.12. The van der Waals surface area contributed by atoms with E-state index < -0.39 is 0 Å². The molecule has 0 N–H and O–H groups in total. The Morgan fingerprint density at radius 2 is 2.18 bits per heavy atom. The molecule has 0 amide bonds. The van der Waals surface area contributed by atoms with Crippen molar-refractivity contribution >= 4 is 6.29 Å². The molecule has 4 heteroatoms. The highest BCUT2D eigenvalue weighted by atomic mass is 16.5. The van der Waals surface area contributed by atoms with Crippen LogP contribution in [-0.2, 0) is 11.3 Å². The number of ether oxygens (including phenoxy) is 2. The smallest absolute Gasteiger partial charge is 0.150 e. The number of carbonyl (C=O) groups is 1. The second kappa shape index (κ2) is 5.80. The van der Waals surface area contributed by atoms with Crippen LogP contribution in [0.25, 0.3) is 0 Å². The van der Waals surface area contributed by atoms with Crippen molar-refractivity contribution in [1.82, 2.24) is 4.90 Å². The first-order valence-electron chi connectivity index (χ1n) is 5.75. The number of aldehydes is 1. The summed E-state index contributed by atoms with van der Waals surface area (Å²) in [5.74, 6) is 0.779. The summed E-state index contributed by atoms with van der Waals surface area (Å²) < 4.78 is 10.6. The molecule has 17 heavy (non-hydrogen) atoms. The van der Waals surface area contributed by atoms with Crippen LogP contribution in [0, 0.1) is 0 Å². The van der Waals surface area contributed by atoms with E-state index in [9.17, 15) is 4.79 Å². The second-order valence-electron chi connectivity index (χ2n) is 4.08. The summed E-state index contributed by atoms with van der Waals surface area (Å²) in [6.45, 7) is 4.30. The molecule has 0 aliphatic carbocycles. The van der Waals surface area contributed by atoms with Crippen LogP contribution in [0.2, 0.25) is 0 Å². The molecule has 1 aliphatic rings. The van der Waals surface area contributed by atoms with E-state index in [0.29, 0.717) is 5.56 Å². The van der Waals surface area contributed by atoms with Crippen LogP contribution in [0.4, 0.5) is 0 Å². The van der Waals surface area contributed by atoms with Crippen LogP contribution < -0.4 is 4.74 Å². The fraction of sp³-hybridized carbons (Fsp3) is 0.462. The van der Waals surface area contributed by atoms with Crippen molar-refractivity contribution in [2.45, 2.75) is 6.54 Å². The van der Waals surface area contributed by atoms with Crippen molar-refractivity contribution < 1.29 is 14.3 Å². The van der Waals surface area contributed by atoms with Gasteiger partial charge in [-0.2, -0.15) is 0 Å². The van der Waals surface area contributed by atoms with Gasteiger partial charge in [0.1, 0.15) is 12.0 Å². The fourth-order valence-corrected chi connectivity index (χ4v) is 1.97. The number of benzene rings is 1. The predicted molar refractivity (Wildman–Crippen MR) is 64.5 cm³/mol. The van der Waals surface area contributed by atoms with E-state index in [-0.39, 0.29) is 0 Å². The zero-order valence-electron chi connectivity index (χ0n) is 10.0. The number of methoxy groups -OCH3 is 1. The van der Waals surface area contributed by atoms with Crippen LogP contribution in [0.15, 0.2) is 18.2 Å². The first-order chi connectivity index (χ1) is 8.33. The molecule has 92 valence electrons. The summed E-state index contributed by atoms with van der Waals surface area (Å²) in [5.41, 5.74) is 1.76. The Morgan fingerprint density at radius 3 is 2.82 bits per heavy atom. The molecule has 1 aromatic carbocycles. The molecule has 0 radical (unpaired) electrons. The largest absolute Gasteiger partial charge is 0.496 e. The normalized spacial score (nSPS) is 16.8. The molecule has 0 atom stereocenters. The van der Waals surface area contributed by atoms with Crippen LogP contribution in [0.3, 0.4) is 0 Å². The summed E-state index contributed by atoms with van der Waals surface area (Å²) in [4.78, 5) is 13.0. The molecular formula is C13H17NO3. The zero-order valence-corrected chi connectivity index (χ0v) is 10.0. The van der Waals surface area contributed by atoms with Gasteiger partial charge in [-0.25, -0.2) is 0 Å². The summed E-state index contributed by atoms with van der Waals surface area (Å²) in [7, 11) is 1.63. The molecule has 1 aromatic rings. The predicted octanol–water partition coefficient (Wildman–Crippen LogP) is 1.34. The van der Waals surface area contributed by atoms with E-state index in [4.69, 9.17) is 9.47 Å². The maximum Gasteiger partial charge on any atom is 0.150 e. The molecule has 1 fully saturated rings. The van der Waals surface area contributed by atoms with E-state index >= 15 is 0 Å². The lowest BCUT2D eigenvalue weighted by atomic mass is 10.1. The van der Waals surface area contributed by atoms with Gasteiger partial charge in [0, 0.05) is 30.8 Å². The molecule has 0 spiro atoms. The monoisotopic (exact) mass is 235 g/mol. The Morgan fingerprint density at radius 1 is 1.41 bits per heavy atom. The van der Waals surface area contributed by atoms with Crippen LogP contribution in [0.1, 0.15) is 15.9 Å². The Labute approximate surface area is 101 Å². The zero-order chi connectivity index (χ0) is 12.1. The van der Waals surface area contributed by atoms with Gasteiger partial charge in [0.2, 0.25) is 0 Å². The van der Waals surface area contributed by atoms with Gasteiger partial charge < -0.3 is 9.47 Å². The van der Waals surface area contributed by atoms with Gasteiger partial charge in [-0.1, -0.05) is 12.1 Å².